The van der Waals surface area contributed by atoms with Crippen LogP contribution in [0.4, 0.5) is 4.79 Å². The molecule has 1 fully saturated rings. The average Bonchev–Trinajstić information content (AvgIpc) is 2.81. The summed E-state index contributed by atoms with van der Waals surface area (Å²) in [5.41, 5.74) is 1.33. The zero-order valence-electron chi connectivity index (χ0n) is 12.5. The van der Waals surface area contributed by atoms with E-state index >= 15 is 0 Å². The molecule has 4 nitrogen and oxygen atoms in total. The average molecular weight is 459 g/mol. The topological polar surface area (TPSA) is 57.6 Å². The molecular formula is C17H10BrCl2NO3S. The van der Waals surface area contributed by atoms with Crippen molar-refractivity contribution in [1.82, 2.24) is 4.90 Å². The van der Waals surface area contributed by atoms with E-state index in [0.717, 1.165) is 16.7 Å². The second-order valence-electron chi connectivity index (χ2n) is 5.21. The minimum atomic E-state index is -0.384. The Morgan fingerprint density at radius 2 is 1.92 bits per heavy atom. The lowest BCUT2D eigenvalue weighted by atomic mass is 10.2. The van der Waals surface area contributed by atoms with Gasteiger partial charge in [0.2, 0.25) is 0 Å². The van der Waals surface area contributed by atoms with E-state index in [-0.39, 0.29) is 23.4 Å². The Morgan fingerprint density at radius 3 is 2.60 bits per heavy atom. The molecule has 0 saturated carbocycles. The highest BCUT2D eigenvalue weighted by Crippen LogP contribution is 2.35. The number of thioether (sulfide) groups is 1. The molecule has 0 bridgehead atoms. The molecule has 0 radical (unpaired) electrons. The van der Waals surface area contributed by atoms with E-state index in [0.29, 0.717) is 30.6 Å². The third-order valence-electron chi connectivity index (χ3n) is 3.49. The summed E-state index contributed by atoms with van der Waals surface area (Å²) in [4.78, 5) is 26.2. The smallest absolute Gasteiger partial charge is 0.293 e. The summed E-state index contributed by atoms with van der Waals surface area (Å²) in [6.07, 6.45) is 1.61. The quantitative estimate of drug-likeness (QED) is 0.599. The number of phenolic OH excluding ortho intramolecular Hbond substituents is 1. The van der Waals surface area contributed by atoms with Gasteiger partial charge in [-0.3, -0.25) is 14.5 Å². The number of hydrogen-bond acceptors (Lipinski definition) is 4. The van der Waals surface area contributed by atoms with Gasteiger partial charge in [-0.05, 0) is 69.2 Å². The van der Waals surface area contributed by atoms with Crippen molar-refractivity contribution >= 4 is 68.1 Å². The van der Waals surface area contributed by atoms with E-state index in [4.69, 9.17) is 23.2 Å². The second kappa shape index (κ2) is 7.41. The van der Waals surface area contributed by atoms with E-state index in [9.17, 15) is 14.7 Å². The van der Waals surface area contributed by atoms with Crippen LogP contribution in [0.1, 0.15) is 11.1 Å². The standard InChI is InChI=1S/C17H10BrCl2NO3S/c18-12-5-9(1-4-14(12)22)6-15-16(23)21(17(24)25-15)8-10-2-3-11(19)7-13(10)20/h1-7,22H,8H2/b15-6+. The van der Waals surface area contributed by atoms with Gasteiger partial charge in [-0.25, -0.2) is 0 Å². The maximum Gasteiger partial charge on any atom is 0.293 e. The molecule has 0 unspecified atom stereocenters. The SMILES string of the molecule is O=C1S/C(=C/c2ccc(O)c(Br)c2)C(=O)N1Cc1ccc(Cl)cc1Cl. The lowest BCUT2D eigenvalue weighted by Crippen LogP contribution is -2.27. The van der Waals surface area contributed by atoms with Gasteiger partial charge in [-0.1, -0.05) is 35.3 Å². The van der Waals surface area contributed by atoms with Crippen LogP contribution in [0.25, 0.3) is 6.08 Å². The van der Waals surface area contributed by atoms with Crippen molar-refractivity contribution in [3.05, 3.63) is 66.9 Å². The fraction of sp³-hybridized carbons (Fsp3) is 0.0588. The Kier molecular flexibility index (Phi) is 5.43. The first-order valence-corrected chi connectivity index (χ1v) is 9.39. The van der Waals surface area contributed by atoms with Crippen LogP contribution in [0.5, 0.6) is 5.75 Å². The van der Waals surface area contributed by atoms with Crippen LogP contribution in [-0.4, -0.2) is 21.2 Å². The number of halogens is 3. The van der Waals surface area contributed by atoms with Crippen molar-refractivity contribution < 1.29 is 14.7 Å². The van der Waals surface area contributed by atoms with Crippen LogP contribution in [0.2, 0.25) is 10.0 Å². The number of aromatic hydroxyl groups is 1. The molecule has 1 heterocycles. The summed E-state index contributed by atoms with van der Waals surface area (Å²) in [5.74, 6) is -0.284. The molecule has 0 aromatic heterocycles. The number of rotatable bonds is 3. The first-order chi connectivity index (χ1) is 11.8. The van der Waals surface area contributed by atoms with Crippen LogP contribution in [0.3, 0.4) is 0 Å². The number of carbonyl (C=O) groups excluding carboxylic acids is 2. The number of amides is 2. The van der Waals surface area contributed by atoms with Crippen molar-refractivity contribution in [3.8, 4) is 5.75 Å². The Hall–Kier alpha value is -1.47. The Bertz CT molecular complexity index is 917. The highest BCUT2D eigenvalue weighted by atomic mass is 79.9. The number of benzene rings is 2. The molecule has 3 rings (SSSR count). The molecule has 2 amide bonds. The molecule has 1 aliphatic rings. The van der Waals surface area contributed by atoms with Crippen molar-refractivity contribution in [1.29, 1.82) is 0 Å². The van der Waals surface area contributed by atoms with Gasteiger partial charge in [0.25, 0.3) is 11.1 Å². The van der Waals surface area contributed by atoms with Gasteiger partial charge in [0.05, 0.1) is 15.9 Å². The maximum atomic E-state index is 12.5. The number of hydrogen-bond donors (Lipinski definition) is 1. The van der Waals surface area contributed by atoms with Gasteiger partial charge in [0.1, 0.15) is 5.75 Å². The molecule has 8 heteroatoms. The predicted molar refractivity (Wildman–Crippen MR) is 104 cm³/mol. The van der Waals surface area contributed by atoms with Gasteiger partial charge in [0, 0.05) is 10.0 Å². The van der Waals surface area contributed by atoms with E-state index in [1.807, 2.05) is 0 Å². The van der Waals surface area contributed by atoms with Crippen LogP contribution in [-0.2, 0) is 11.3 Å². The van der Waals surface area contributed by atoms with Crippen molar-refractivity contribution in [3.63, 3.8) is 0 Å². The van der Waals surface area contributed by atoms with Gasteiger partial charge < -0.3 is 5.11 Å². The van der Waals surface area contributed by atoms with Crippen LogP contribution in [0, 0.1) is 0 Å². The van der Waals surface area contributed by atoms with Gasteiger partial charge in [-0.2, -0.15) is 0 Å². The van der Waals surface area contributed by atoms with E-state index in [1.165, 1.54) is 6.07 Å². The Balaban J connectivity index is 1.84. The molecule has 0 aliphatic carbocycles. The summed E-state index contributed by atoms with van der Waals surface area (Å²) < 4.78 is 0.508. The van der Waals surface area contributed by atoms with E-state index in [1.54, 1.807) is 36.4 Å². The minimum absolute atomic E-state index is 0.0806. The maximum absolute atomic E-state index is 12.5. The third-order valence-corrected chi connectivity index (χ3v) is 5.62. The summed E-state index contributed by atoms with van der Waals surface area (Å²) in [7, 11) is 0. The van der Waals surface area contributed by atoms with E-state index in [2.05, 4.69) is 15.9 Å². The first kappa shape index (κ1) is 18.3. The number of nitrogens with zero attached hydrogens (tertiary/aromatic N) is 1. The van der Waals surface area contributed by atoms with Gasteiger partial charge >= 0.3 is 0 Å². The molecule has 1 saturated heterocycles. The van der Waals surface area contributed by atoms with Crippen molar-refractivity contribution in [2.75, 3.05) is 0 Å². The molecule has 0 spiro atoms. The summed E-state index contributed by atoms with van der Waals surface area (Å²) in [6.45, 7) is 0.0806. The van der Waals surface area contributed by atoms with Crippen LogP contribution < -0.4 is 0 Å². The number of carbonyl (C=O) groups is 2. The van der Waals surface area contributed by atoms with Crippen molar-refractivity contribution in [2.45, 2.75) is 6.54 Å². The number of phenols is 1. The zero-order valence-corrected chi connectivity index (χ0v) is 16.4. The summed E-state index contributed by atoms with van der Waals surface area (Å²) >= 11 is 16.1. The van der Waals surface area contributed by atoms with Crippen molar-refractivity contribution in [2.24, 2.45) is 0 Å². The predicted octanol–water partition coefficient (Wildman–Crippen LogP) is 5.70. The molecule has 1 aliphatic heterocycles. The first-order valence-electron chi connectivity index (χ1n) is 7.03. The minimum Gasteiger partial charge on any atom is -0.507 e. The Labute approximate surface area is 166 Å². The molecule has 2 aromatic rings. The molecule has 2 aromatic carbocycles. The lowest BCUT2D eigenvalue weighted by molar-refractivity contribution is -0.123. The fourth-order valence-corrected chi connectivity index (χ4v) is 3.92. The number of imide groups is 1. The second-order valence-corrected chi connectivity index (χ2v) is 7.91. The summed E-state index contributed by atoms with van der Waals surface area (Å²) in [5, 5.41) is 10.1. The monoisotopic (exact) mass is 457 g/mol. The third kappa shape index (κ3) is 4.03. The van der Waals surface area contributed by atoms with Gasteiger partial charge in [-0.15, -0.1) is 0 Å². The largest absolute Gasteiger partial charge is 0.507 e. The lowest BCUT2D eigenvalue weighted by Gasteiger charge is -2.13. The fourth-order valence-electron chi connectivity index (χ4n) is 2.22. The van der Waals surface area contributed by atoms with Crippen LogP contribution >= 0.6 is 50.9 Å². The summed E-state index contributed by atoms with van der Waals surface area (Å²) in [6, 6.07) is 9.75. The highest BCUT2D eigenvalue weighted by molar-refractivity contribution is 9.10. The normalized spacial score (nSPS) is 16.1. The van der Waals surface area contributed by atoms with Crippen LogP contribution in [0.15, 0.2) is 45.8 Å². The molecule has 25 heavy (non-hydrogen) atoms. The zero-order chi connectivity index (χ0) is 18.1. The molecule has 128 valence electrons. The molecule has 1 N–H and O–H groups in total. The molecule has 0 atom stereocenters. The Morgan fingerprint density at radius 1 is 1.16 bits per heavy atom. The van der Waals surface area contributed by atoms with E-state index < -0.39 is 0 Å². The highest BCUT2D eigenvalue weighted by Gasteiger charge is 2.35. The van der Waals surface area contributed by atoms with Gasteiger partial charge in [0.15, 0.2) is 0 Å². The molecular weight excluding hydrogens is 449 g/mol.